The van der Waals surface area contributed by atoms with Crippen LogP contribution in [0.3, 0.4) is 0 Å². The maximum absolute atomic E-state index is 11.8. The van der Waals surface area contributed by atoms with Crippen LogP contribution >= 0.6 is 0 Å². The fraction of sp³-hybridized carbons (Fsp3) is 0.308. The van der Waals surface area contributed by atoms with Crippen LogP contribution in [0.15, 0.2) is 35.5 Å². The summed E-state index contributed by atoms with van der Waals surface area (Å²) >= 11 is 0. The summed E-state index contributed by atoms with van der Waals surface area (Å²) in [5.41, 5.74) is 0.942. The van der Waals surface area contributed by atoms with Crippen LogP contribution in [0.5, 0.6) is 0 Å². The van der Waals surface area contributed by atoms with Gasteiger partial charge >= 0.3 is 0 Å². The van der Waals surface area contributed by atoms with Gasteiger partial charge in [0, 0.05) is 38.5 Å². The Morgan fingerprint density at radius 3 is 2.65 bits per heavy atom. The highest BCUT2D eigenvalue weighted by molar-refractivity contribution is 7.89. The Morgan fingerprint density at radius 1 is 1.43 bits per heavy atom. The Balaban J connectivity index is 2.39. The summed E-state index contributed by atoms with van der Waals surface area (Å²) in [7, 11) is 0.992. The number of nitrogens with one attached hydrogen (secondary N) is 1. The van der Waals surface area contributed by atoms with E-state index in [2.05, 4.69) is 9.82 Å². The molecule has 0 unspecified atom stereocenters. The maximum atomic E-state index is 11.8. The molecule has 23 heavy (non-hydrogen) atoms. The summed E-state index contributed by atoms with van der Waals surface area (Å²) in [6.45, 7) is 0.410. The van der Waals surface area contributed by atoms with Gasteiger partial charge in [-0.05, 0) is 19.2 Å². The average molecular weight is 339 g/mol. The molecule has 0 saturated carbocycles. The third kappa shape index (κ3) is 3.66. The number of aryl methyl sites for hydroxylation is 1. The number of hydrogen-bond donors (Lipinski definition) is 1. The summed E-state index contributed by atoms with van der Waals surface area (Å²) < 4.78 is 27.4. The zero-order chi connectivity index (χ0) is 17.2. The van der Waals surface area contributed by atoms with Crippen LogP contribution in [-0.4, -0.2) is 37.2 Å². The molecule has 124 valence electrons. The molecule has 1 heterocycles. The Kier molecular flexibility index (Phi) is 4.66. The number of rotatable bonds is 6. The zero-order valence-electron chi connectivity index (χ0n) is 12.9. The number of nitro groups is 1. The van der Waals surface area contributed by atoms with E-state index >= 15 is 0 Å². The highest BCUT2D eigenvalue weighted by Gasteiger charge is 2.22. The van der Waals surface area contributed by atoms with Gasteiger partial charge in [0.1, 0.15) is 5.69 Å². The van der Waals surface area contributed by atoms with Crippen molar-refractivity contribution in [3.05, 3.63) is 46.3 Å². The summed E-state index contributed by atoms with van der Waals surface area (Å²) in [4.78, 5) is 12.2. The monoisotopic (exact) mass is 339 g/mol. The first kappa shape index (κ1) is 16.9. The molecule has 0 atom stereocenters. The summed E-state index contributed by atoms with van der Waals surface area (Å²) in [5.74, 6) is 0. The van der Waals surface area contributed by atoms with E-state index in [9.17, 15) is 18.5 Å². The van der Waals surface area contributed by atoms with Crippen molar-refractivity contribution in [3.63, 3.8) is 0 Å². The topological polar surface area (TPSA) is 110 Å². The molecule has 0 radical (unpaired) electrons. The van der Waals surface area contributed by atoms with Gasteiger partial charge in [0.2, 0.25) is 10.0 Å². The van der Waals surface area contributed by atoms with Crippen molar-refractivity contribution in [3.8, 4) is 0 Å². The van der Waals surface area contributed by atoms with Gasteiger partial charge in [0.15, 0.2) is 0 Å². The number of nitrogens with zero attached hydrogens (tertiary/aromatic N) is 4. The lowest BCUT2D eigenvalue weighted by Gasteiger charge is -2.18. The van der Waals surface area contributed by atoms with Crippen LogP contribution in [0, 0.1) is 10.1 Å². The number of sulfonamides is 1. The number of hydrogen-bond acceptors (Lipinski definition) is 6. The molecule has 0 spiro atoms. The van der Waals surface area contributed by atoms with Gasteiger partial charge < -0.3 is 4.90 Å². The van der Waals surface area contributed by atoms with Crippen molar-refractivity contribution in [1.29, 1.82) is 0 Å². The predicted molar refractivity (Wildman–Crippen MR) is 84.7 cm³/mol. The molecule has 2 rings (SSSR count). The first-order chi connectivity index (χ1) is 10.7. The summed E-state index contributed by atoms with van der Waals surface area (Å²) in [6.07, 6.45) is 3.48. The van der Waals surface area contributed by atoms with Crippen molar-refractivity contribution in [2.45, 2.75) is 11.4 Å². The molecule has 1 aromatic carbocycles. The minimum atomic E-state index is -3.74. The Hall–Kier alpha value is -2.46. The molecule has 0 fully saturated rings. The van der Waals surface area contributed by atoms with Gasteiger partial charge in [-0.3, -0.25) is 14.8 Å². The Morgan fingerprint density at radius 2 is 2.13 bits per heavy atom. The van der Waals surface area contributed by atoms with Crippen molar-refractivity contribution < 1.29 is 13.3 Å². The Bertz CT molecular complexity index is 831. The largest absolute Gasteiger partial charge is 0.365 e. The van der Waals surface area contributed by atoms with E-state index in [1.54, 1.807) is 29.9 Å². The smallest absolute Gasteiger partial charge is 0.293 e. The normalized spacial score (nSPS) is 11.4. The first-order valence-electron chi connectivity index (χ1n) is 6.65. The lowest BCUT2D eigenvalue weighted by Crippen LogP contribution is -2.20. The molecule has 0 aliphatic rings. The van der Waals surface area contributed by atoms with Crippen molar-refractivity contribution in [1.82, 2.24) is 14.5 Å². The Labute approximate surface area is 133 Å². The van der Waals surface area contributed by atoms with Crippen molar-refractivity contribution in [2.75, 3.05) is 19.0 Å². The molecular formula is C13H17N5O4S. The first-order valence-corrected chi connectivity index (χ1v) is 8.13. The quantitative estimate of drug-likeness (QED) is 0.618. The summed E-state index contributed by atoms with van der Waals surface area (Å²) in [6, 6.07) is 3.83. The molecule has 1 aromatic heterocycles. The summed E-state index contributed by atoms with van der Waals surface area (Å²) in [5, 5.41) is 15.3. The molecule has 0 amide bonds. The van der Waals surface area contributed by atoms with Crippen LogP contribution in [-0.2, 0) is 23.6 Å². The molecular weight excluding hydrogens is 322 g/mol. The highest BCUT2D eigenvalue weighted by Crippen LogP contribution is 2.30. The van der Waals surface area contributed by atoms with Crippen LogP contribution in [0.1, 0.15) is 5.56 Å². The molecule has 0 bridgehead atoms. The minimum absolute atomic E-state index is 0.148. The van der Waals surface area contributed by atoms with E-state index in [-0.39, 0.29) is 10.6 Å². The van der Waals surface area contributed by atoms with E-state index in [1.807, 2.05) is 6.20 Å². The van der Waals surface area contributed by atoms with Gasteiger partial charge in [-0.2, -0.15) is 5.10 Å². The molecule has 1 N–H and O–H groups in total. The lowest BCUT2D eigenvalue weighted by atomic mass is 10.2. The maximum Gasteiger partial charge on any atom is 0.293 e. The molecule has 2 aromatic rings. The van der Waals surface area contributed by atoms with Gasteiger partial charge in [-0.1, -0.05) is 0 Å². The SMILES string of the molecule is CNS(=O)(=O)c1ccc(N(C)Cc2cnn(C)c2)c([N+](=O)[O-])c1. The highest BCUT2D eigenvalue weighted by atomic mass is 32.2. The standard InChI is InChI=1S/C13H17N5O4S/c1-14-23(21,22)11-4-5-12(13(6-11)18(19)20)16(2)8-10-7-15-17(3)9-10/h4-7,9,14H,8H2,1-3H3. The number of benzene rings is 1. The number of anilines is 1. The lowest BCUT2D eigenvalue weighted by molar-refractivity contribution is -0.384. The van der Waals surface area contributed by atoms with Gasteiger partial charge in [-0.15, -0.1) is 0 Å². The minimum Gasteiger partial charge on any atom is -0.365 e. The predicted octanol–water partition coefficient (Wildman–Crippen LogP) is 0.873. The van der Waals surface area contributed by atoms with Crippen LogP contribution in [0.25, 0.3) is 0 Å². The fourth-order valence-electron chi connectivity index (χ4n) is 2.17. The zero-order valence-corrected chi connectivity index (χ0v) is 13.7. The fourth-order valence-corrected chi connectivity index (χ4v) is 2.92. The average Bonchev–Trinajstić information content (AvgIpc) is 2.91. The second kappa shape index (κ2) is 6.34. The molecule has 0 aliphatic heterocycles. The van der Waals surface area contributed by atoms with Crippen molar-refractivity contribution in [2.24, 2.45) is 7.05 Å². The second-order valence-corrected chi connectivity index (χ2v) is 6.88. The molecule has 0 saturated heterocycles. The molecule has 9 nitrogen and oxygen atoms in total. The van der Waals surface area contributed by atoms with Gasteiger partial charge in [0.05, 0.1) is 16.0 Å². The van der Waals surface area contributed by atoms with Crippen LogP contribution in [0.4, 0.5) is 11.4 Å². The third-order valence-corrected chi connectivity index (χ3v) is 4.72. The van der Waals surface area contributed by atoms with E-state index in [0.717, 1.165) is 11.6 Å². The van der Waals surface area contributed by atoms with Crippen LogP contribution < -0.4 is 9.62 Å². The van der Waals surface area contributed by atoms with E-state index in [1.165, 1.54) is 19.2 Å². The third-order valence-electron chi connectivity index (χ3n) is 3.31. The van der Waals surface area contributed by atoms with Crippen molar-refractivity contribution >= 4 is 21.4 Å². The molecule has 0 aliphatic carbocycles. The van der Waals surface area contributed by atoms with Gasteiger partial charge in [0.25, 0.3) is 5.69 Å². The van der Waals surface area contributed by atoms with E-state index in [4.69, 9.17) is 0 Å². The second-order valence-electron chi connectivity index (χ2n) is 4.99. The molecule has 10 heteroatoms. The van der Waals surface area contributed by atoms with E-state index < -0.39 is 14.9 Å². The van der Waals surface area contributed by atoms with Crippen LogP contribution in [0.2, 0.25) is 0 Å². The van der Waals surface area contributed by atoms with Gasteiger partial charge in [-0.25, -0.2) is 13.1 Å². The number of aromatic nitrogens is 2. The number of nitro benzene ring substituents is 1. The van der Waals surface area contributed by atoms with E-state index in [0.29, 0.717) is 12.2 Å².